The molecule has 0 radical (unpaired) electrons. The maximum absolute atomic E-state index is 11.9. The number of methoxy groups -OCH3 is 1. The number of hydrogen-bond donors (Lipinski definition) is 0. The summed E-state index contributed by atoms with van der Waals surface area (Å²) >= 11 is 0. The molecule has 0 atom stereocenters. The van der Waals surface area contributed by atoms with Gasteiger partial charge in [0.15, 0.2) is 5.70 Å². The number of nitro benzene ring substituents is 1. The highest BCUT2D eigenvalue weighted by Gasteiger charge is 2.21. The second-order valence-electron chi connectivity index (χ2n) is 5.32. The van der Waals surface area contributed by atoms with E-state index in [1.165, 1.54) is 18.2 Å². The van der Waals surface area contributed by atoms with Crippen LogP contribution in [0.4, 0.5) is 5.69 Å². The molecule has 0 saturated carbocycles. The van der Waals surface area contributed by atoms with Gasteiger partial charge in [0.25, 0.3) is 5.69 Å². The second kappa shape index (κ2) is 7.43. The summed E-state index contributed by atoms with van der Waals surface area (Å²) in [5.74, 6) is 0.358. The number of carbonyl (C=O) groups is 1. The first-order valence-electron chi connectivity index (χ1n) is 7.64. The van der Waals surface area contributed by atoms with E-state index < -0.39 is 10.9 Å². The van der Waals surface area contributed by atoms with Crippen LogP contribution in [0.25, 0.3) is 12.2 Å². The zero-order valence-corrected chi connectivity index (χ0v) is 13.8. The Morgan fingerprint density at radius 1 is 1.04 bits per heavy atom. The fraction of sp³-hybridized carbons (Fsp3) is 0.0526. The highest BCUT2D eigenvalue weighted by Crippen LogP contribution is 2.19. The zero-order valence-electron chi connectivity index (χ0n) is 13.8. The number of esters is 1. The molecule has 3 rings (SSSR count). The van der Waals surface area contributed by atoms with Gasteiger partial charge in [0, 0.05) is 18.2 Å². The second-order valence-corrected chi connectivity index (χ2v) is 5.32. The lowest BCUT2D eigenvalue weighted by atomic mass is 10.2. The van der Waals surface area contributed by atoms with Gasteiger partial charge in [0.1, 0.15) is 5.75 Å². The standard InChI is InChI=1S/C19H14N2O5/c1-25-16-9-4-13(5-10-16)6-11-18-20-17(19(22)26-18)12-14-2-7-15(8-3-14)21(23)24/h2-12H,1H3/b11-6+,17-12?. The Morgan fingerprint density at radius 2 is 1.69 bits per heavy atom. The number of nitro groups is 1. The van der Waals surface area contributed by atoms with Crippen LogP contribution in [0.15, 0.2) is 65.3 Å². The summed E-state index contributed by atoms with van der Waals surface area (Å²) in [4.78, 5) is 26.2. The Kier molecular flexibility index (Phi) is 4.89. The third-order valence-corrected chi connectivity index (χ3v) is 3.58. The summed E-state index contributed by atoms with van der Waals surface area (Å²) in [6.45, 7) is 0. The first-order chi connectivity index (χ1) is 12.5. The Labute approximate surface area is 149 Å². The third kappa shape index (κ3) is 4.02. The molecule has 1 heterocycles. The van der Waals surface area contributed by atoms with Crippen molar-refractivity contribution in [2.24, 2.45) is 4.99 Å². The van der Waals surface area contributed by atoms with Gasteiger partial charge >= 0.3 is 5.97 Å². The summed E-state index contributed by atoms with van der Waals surface area (Å²) < 4.78 is 10.2. The lowest BCUT2D eigenvalue weighted by Crippen LogP contribution is -2.01. The molecule has 0 aliphatic carbocycles. The van der Waals surface area contributed by atoms with Crippen LogP contribution >= 0.6 is 0 Å². The van der Waals surface area contributed by atoms with E-state index in [0.29, 0.717) is 5.56 Å². The van der Waals surface area contributed by atoms with Crippen LogP contribution in [-0.2, 0) is 9.53 Å². The number of rotatable bonds is 5. The van der Waals surface area contributed by atoms with Gasteiger partial charge in [0.2, 0.25) is 5.90 Å². The minimum absolute atomic E-state index is 0.0206. The predicted octanol–water partition coefficient (Wildman–Crippen LogP) is 3.61. The van der Waals surface area contributed by atoms with Gasteiger partial charge in [-0.15, -0.1) is 0 Å². The van der Waals surface area contributed by atoms with Crippen molar-refractivity contribution >= 4 is 29.7 Å². The Balaban J connectivity index is 1.75. The van der Waals surface area contributed by atoms with Crippen molar-refractivity contribution in [3.05, 3.63) is 81.5 Å². The number of non-ortho nitro benzene ring substituents is 1. The lowest BCUT2D eigenvalue weighted by molar-refractivity contribution is -0.384. The van der Waals surface area contributed by atoms with Crippen molar-refractivity contribution in [2.45, 2.75) is 0 Å². The fourth-order valence-corrected chi connectivity index (χ4v) is 2.23. The molecule has 0 spiro atoms. The third-order valence-electron chi connectivity index (χ3n) is 3.58. The van der Waals surface area contributed by atoms with Crippen LogP contribution in [0.1, 0.15) is 11.1 Å². The number of aliphatic imine (C=N–C) groups is 1. The number of hydrogen-bond acceptors (Lipinski definition) is 6. The van der Waals surface area contributed by atoms with E-state index in [-0.39, 0.29) is 17.3 Å². The number of carbonyl (C=O) groups excluding carboxylic acids is 1. The number of cyclic esters (lactones) is 1. The van der Waals surface area contributed by atoms with Gasteiger partial charge in [0.05, 0.1) is 12.0 Å². The van der Waals surface area contributed by atoms with E-state index >= 15 is 0 Å². The highest BCUT2D eigenvalue weighted by atomic mass is 16.6. The maximum atomic E-state index is 11.9. The van der Waals surface area contributed by atoms with Crippen LogP contribution in [0.2, 0.25) is 0 Å². The maximum Gasteiger partial charge on any atom is 0.363 e. The van der Waals surface area contributed by atoms with E-state index in [0.717, 1.165) is 11.3 Å². The normalized spacial score (nSPS) is 15.2. The molecule has 1 aliphatic rings. The van der Waals surface area contributed by atoms with Gasteiger partial charge in [-0.25, -0.2) is 9.79 Å². The predicted molar refractivity (Wildman–Crippen MR) is 96.6 cm³/mol. The topological polar surface area (TPSA) is 91.0 Å². The first-order valence-corrected chi connectivity index (χ1v) is 7.64. The molecule has 0 N–H and O–H groups in total. The molecule has 0 aromatic heterocycles. The van der Waals surface area contributed by atoms with Crippen molar-refractivity contribution < 1.29 is 19.2 Å². The van der Waals surface area contributed by atoms with Crippen LogP contribution in [0.5, 0.6) is 5.75 Å². The largest absolute Gasteiger partial charge is 0.497 e. The van der Waals surface area contributed by atoms with Gasteiger partial charge in [-0.3, -0.25) is 10.1 Å². The monoisotopic (exact) mass is 350 g/mol. The number of nitrogens with zero attached hydrogens (tertiary/aromatic N) is 2. The molecule has 0 saturated heterocycles. The van der Waals surface area contributed by atoms with Gasteiger partial charge in [-0.1, -0.05) is 12.1 Å². The molecule has 0 bridgehead atoms. The Morgan fingerprint density at radius 3 is 2.31 bits per heavy atom. The van der Waals surface area contributed by atoms with Crippen LogP contribution in [0.3, 0.4) is 0 Å². The van der Waals surface area contributed by atoms with Crippen molar-refractivity contribution in [1.29, 1.82) is 0 Å². The Hall–Kier alpha value is -3.74. The quantitative estimate of drug-likeness (QED) is 0.355. The average molecular weight is 350 g/mol. The lowest BCUT2D eigenvalue weighted by Gasteiger charge is -1.98. The molecule has 0 unspecified atom stereocenters. The highest BCUT2D eigenvalue weighted by molar-refractivity contribution is 6.11. The van der Waals surface area contributed by atoms with E-state index in [1.54, 1.807) is 31.4 Å². The molecule has 2 aromatic rings. The van der Waals surface area contributed by atoms with Gasteiger partial charge in [-0.05, 0) is 47.5 Å². The zero-order chi connectivity index (χ0) is 18.5. The number of benzene rings is 2. The molecule has 2 aromatic carbocycles. The fourth-order valence-electron chi connectivity index (χ4n) is 2.23. The minimum Gasteiger partial charge on any atom is -0.497 e. The van der Waals surface area contributed by atoms with E-state index in [9.17, 15) is 14.9 Å². The first kappa shape index (κ1) is 17.1. The van der Waals surface area contributed by atoms with Gasteiger partial charge < -0.3 is 9.47 Å². The molecule has 1 aliphatic heterocycles. The SMILES string of the molecule is COc1ccc(/C=C/C2=NC(=Cc3ccc([N+](=O)[O-])cc3)C(=O)O2)cc1. The van der Waals surface area contributed by atoms with E-state index in [4.69, 9.17) is 9.47 Å². The summed E-state index contributed by atoms with van der Waals surface area (Å²) in [5.41, 5.74) is 1.63. The van der Waals surface area contributed by atoms with Crippen molar-refractivity contribution in [3.8, 4) is 5.75 Å². The summed E-state index contributed by atoms with van der Waals surface area (Å²) in [7, 11) is 1.59. The number of ether oxygens (including phenoxy) is 2. The van der Waals surface area contributed by atoms with E-state index in [2.05, 4.69) is 4.99 Å². The van der Waals surface area contributed by atoms with Crippen LogP contribution < -0.4 is 4.74 Å². The smallest absolute Gasteiger partial charge is 0.363 e. The Bertz CT molecular complexity index is 925. The molecule has 0 amide bonds. The molecule has 0 fully saturated rings. The average Bonchev–Trinajstić information content (AvgIpc) is 3.00. The molecule has 130 valence electrons. The van der Waals surface area contributed by atoms with Gasteiger partial charge in [-0.2, -0.15) is 0 Å². The van der Waals surface area contributed by atoms with Crippen molar-refractivity contribution in [1.82, 2.24) is 0 Å². The molecule has 7 nitrogen and oxygen atoms in total. The van der Waals surface area contributed by atoms with Crippen molar-refractivity contribution in [2.75, 3.05) is 7.11 Å². The molecular weight excluding hydrogens is 336 g/mol. The van der Waals surface area contributed by atoms with Crippen LogP contribution in [-0.4, -0.2) is 23.9 Å². The molecule has 7 heteroatoms. The summed E-state index contributed by atoms with van der Waals surface area (Å²) in [6.07, 6.45) is 4.87. The summed E-state index contributed by atoms with van der Waals surface area (Å²) in [5, 5.41) is 10.7. The molecule has 26 heavy (non-hydrogen) atoms. The van der Waals surface area contributed by atoms with Crippen LogP contribution in [0, 0.1) is 10.1 Å². The van der Waals surface area contributed by atoms with Crippen molar-refractivity contribution in [3.63, 3.8) is 0 Å². The molecular formula is C19H14N2O5. The minimum atomic E-state index is -0.572. The summed E-state index contributed by atoms with van der Waals surface area (Å²) in [6, 6.07) is 13.2. The van der Waals surface area contributed by atoms with E-state index in [1.807, 2.05) is 24.3 Å².